The first-order valence-electron chi connectivity index (χ1n) is 9.33. The minimum Gasteiger partial charge on any atom is -0.376 e. The van der Waals surface area contributed by atoms with Crippen molar-refractivity contribution in [2.24, 2.45) is 0 Å². The Morgan fingerprint density at radius 1 is 1.31 bits per heavy atom. The molecule has 2 aliphatic rings. The monoisotopic (exact) mass is 396 g/mol. The average molecular weight is 397 g/mol. The maximum atomic E-state index is 11.9. The van der Waals surface area contributed by atoms with Gasteiger partial charge in [-0.2, -0.15) is 0 Å². The van der Waals surface area contributed by atoms with E-state index in [0.717, 1.165) is 25.1 Å². The number of thiocarbonyl (C=S) groups is 1. The molecule has 2 fully saturated rings. The number of hydrogen-bond acceptors (Lipinski definition) is 4. The highest BCUT2D eigenvalue weighted by molar-refractivity contribution is 7.91. The van der Waals surface area contributed by atoms with Crippen LogP contribution < -0.4 is 5.32 Å². The van der Waals surface area contributed by atoms with Crippen LogP contribution >= 0.6 is 12.2 Å². The Balaban J connectivity index is 1.71. The fraction of sp³-hybridized carbons (Fsp3) is 0.632. The van der Waals surface area contributed by atoms with Gasteiger partial charge in [-0.15, -0.1) is 0 Å². The van der Waals surface area contributed by atoms with E-state index in [1.165, 1.54) is 5.56 Å². The molecule has 1 N–H and O–H groups in total. The number of sulfone groups is 1. The summed E-state index contributed by atoms with van der Waals surface area (Å²) < 4.78 is 29.6. The Bertz CT molecular complexity index is 726. The molecule has 0 radical (unpaired) electrons. The highest BCUT2D eigenvalue weighted by Crippen LogP contribution is 2.23. The zero-order valence-corrected chi connectivity index (χ0v) is 17.1. The van der Waals surface area contributed by atoms with Gasteiger partial charge >= 0.3 is 0 Å². The number of benzene rings is 1. The number of ether oxygens (including phenoxy) is 1. The number of rotatable bonds is 5. The van der Waals surface area contributed by atoms with E-state index in [2.05, 4.69) is 31.3 Å². The van der Waals surface area contributed by atoms with Gasteiger partial charge in [-0.05, 0) is 55.1 Å². The maximum absolute atomic E-state index is 11.9. The molecule has 0 aromatic heterocycles. The highest BCUT2D eigenvalue weighted by Gasteiger charge is 2.35. The molecule has 26 heavy (non-hydrogen) atoms. The van der Waals surface area contributed by atoms with E-state index in [0.29, 0.717) is 24.0 Å². The van der Waals surface area contributed by atoms with E-state index >= 15 is 0 Å². The predicted octanol–water partition coefficient (Wildman–Crippen LogP) is 3.17. The van der Waals surface area contributed by atoms with Crippen LogP contribution in [0.25, 0.3) is 0 Å². The second-order valence-corrected chi connectivity index (χ2v) is 10.2. The summed E-state index contributed by atoms with van der Waals surface area (Å²) in [5.41, 5.74) is 2.21. The largest absolute Gasteiger partial charge is 0.376 e. The first-order chi connectivity index (χ1) is 12.3. The van der Waals surface area contributed by atoms with Gasteiger partial charge in [0.1, 0.15) is 0 Å². The molecule has 0 aliphatic carbocycles. The SMILES string of the molecule is CC(C)c1ccc(NC(=S)N(C[C@H]2CCCO2)[C@@H]2CCS(=O)(=O)C2)cc1. The molecule has 3 rings (SSSR count). The number of nitrogens with zero attached hydrogens (tertiary/aromatic N) is 1. The molecule has 1 aromatic carbocycles. The van der Waals surface area contributed by atoms with E-state index in [-0.39, 0.29) is 23.7 Å². The summed E-state index contributed by atoms with van der Waals surface area (Å²) in [4.78, 5) is 2.03. The van der Waals surface area contributed by atoms with Crippen LogP contribution in [0.3, 0.4) is 0 Å². The van der Waals surface area contributed by atoms with Crippen molar-refractivity contribution in [3.05, 3.63) is 29.8 Å². The first-order valence-corrected chi connectivity index (χ1v) is 11.6. The van der Waals surface area contributed by atoms with Crippen molar-refractivity contribution in [1.29, 1.82) is 0 Å². The Labute approximate surface area is 162 Å². The zero-order valence-electron chi connectivity index (χ0n) is 15.5. The smallest absolute Gasteiger partial charge is 0.173 e. The van der Waals surface area contributed by atoms with Crippen molar-refractivity contribution in [3.8, 4) is 0 Å². The predicted molar refractivity (Wildman–Crippen MR) is 109 cm³/mol. The number of anilines is 1. The van der Waals surface area contributed by atoms with Crippen LogP contribution in [-0.2, 0) is 14.6 Å². The minimum atomic E-state index is -2.97. The lowest BCUT2D eigenvalue weighted by Gasteiger charge is -2.33. The summed E-state index contributed by atoms with van der Waals surface area (Å²) in [6.07, 6.45) is 2.81. The van der Waals surface area contributed by atoms with Gasteiger partial charge in [0.2, 0.25) is 0 Å². The van der Waals surface area contributed by atoms with Gasteiger partial charge in [0.15, 0.2) is 14.9 Å². The number of hydrogen-bond donors (Lipinski definition) is 1. The molecule has 0 bridgehead atoms. The van der Waals surface area contributed by atoms with E-state index in [1.807, 2.05) is 17.0 Å². The molecule has 2 aliphatic heterocycles. The lowest BCUT2D eigenvalue weighted by atomic mass is 10.0. The quantitative estimate of drug-likeness (QED) is 0.772. The summed E-state index contributed by atoms with van der Waals surface area (Å²) >= 11 is 5.65. The normalized spacial score (nSPS) is 24.7. The Morgan fingerprint density at radius 3 is 2.58 bits per heavy atom. The van der Waals surface area contributed by atoms with Gasteiger partial charge in [0, 0.05) is 24.9 Å². The second-order valence-electron chi connectivity index (χ2n) is 7.55. The highest BCUT2D eigenvalue weighted by atomic mass is 32.2. The first kappa shape index (κ1) is 19.6. The third-order valence-electron chi connectivity index (χ3n) is 5.16. The lowest BCUT2D eigenvalue weighted by molar-refractivity contribution is 0.0851. The molecule has 7 heteroatoms. The van der Waals surface area contributed by atoms with Crippen molar-refractivity contribution < 1.29 is 13.2 Å². The van der Waals surface area contributed by atoms with Crippen LogP contribution in [0.4, 0.5) is 5.69 Å². The molecule has 0 unspecified atom stereocenters. The fourth-order valence-corrected chi connectivity index (χ4v) is 5.65. The van der Waals surface area contributed by atoms with Crippen LogP contribution in [0.15, 0.2) is 24.3 Å². The summed E-state index contributed by atoms with van der Waals surface area (Å²) in [7, 11) is -2.97. The van der Waals surface area contributed by atoms with Gasteiger partial charge in [-0.25, -0.2) is 8.42 Å². The Hall–Kier alpha value is -1.18. The van der Waals surface area contributed by atoms with Crippen molar-refractivity contribution in [2.75, 3.05) is 30.0 Å². The van der Waals surface area contributed by atoms with Crippen LogP contribution in [-0.4, -0.2) is 55.2 Å². The topological polar surface area (TPSA) is 58.6 Å². The molecule has 5 nitrogen and oxygen atoms in total. The molecule has 144 valence electrons. The third-order valence-corrected chi connectivity index (χ3v) is 7.25. The molecule has 0 saturated carbocycles. The molecule has 0 spiro atoms. The summed E-state index contributed by atoms with van der Waals surface area (Å²) in [6, 6.07) is 8.17. The molecular weight excluding hydrogens is 368 g/mol. The third kappa shape index (κ3) is 4.96. The van der Waals surface area contributed by atoms with Crippen molar-refractivity contribution >= 4 is 32.9 Å². The molecule has 1 aromatic rings. The Kier molecular flexibility index (Phi) is 6.20. The number of nitrogens with one attached hydrogen (secondary N) is 1. The van der Waals surface area contributed by atoms with E-state index in [1.54, 1.807) is 0 Å². The van der Waals surface area contributed by atoms with Gasteiger partial charge in [-0.1, -0.05) is 26.0 Å². The maximum Gasteiger partial charge on any atom is 0.173 e. The van der Waals surface area contributed by atoms with Gasteiger partial charge in [0.25, 0.3) is 0 Å². The fourth-order valence-electron chi connectivity index (χ4n) is 3.57. The van der Waals surface area contributed by atoms with Gasteiger partial charge in [-0.3, -0.25) is 0 Å². The average Bonchev–Trinajstić information content (AvgIpc) is 3.22. The van der Waals surface area contributed by atoms with Crippen LogP contribution in [0.1, 0.15) is 44.6 Å². The zero-order chi connectivity index (χ0) is 18.7. The molecule has 2 heterocycles. The van der Waals surface area contributed by atoms with Gasteiger partial charge < -0.3 is 15.0 Å². The minimum absolute atomic E-state index is 0.0702. The van der Waals surface area contributed by atoms with E-state index < -0.39 is 9.84 Å². The summed E-state index contributed by atoms with van der Waals surface area (Å²) in [5, 5.41) is 3.88. The Morgan fingerprint density at radius 2 is 2.04 bits per heavy atom. The van der Waals surface area contributed by atoms with E-state index in [9.17, 15) is 8.42 Å². The molecule has 2 saturated heterocycles. The van der Waals surface area contributed by atoms with Crippen molar-refractivity contribution in [3.63, 3.8) is 0 Å². The summed E-state index contributed by atoms with van der Waals surface area (Å²) in [5.74, 6) is 0.898. The van der Waals surface area contributed by atoms with Crippen molar-refractivity contribution in [2.45, 2.75) is 51.2 Å². The van der Waals surface area contributed by atoms with Crippen molar-refractivity contribution in [1.82, 2.24) is 4.90 Å². The molecular formula is C19H28N2O3S2. The standard InChI is InChI=1S/C19H28N2O3S2/c1-14(2)15-5-7-16(8-6-15)20-19(25)21(12-18-4-3-10-24-18)17-9-11-26(22,23)13-17/h5-8,14,17-18H,3-4,9-13H2,1-2H3,(H,20,25)/t17-,18-/m1/s1. The molecule has 2 atom stereocenters. The molecule has 0 amide bonds. The second kappa shape index (κ2) is 8.23. The van der Waals surface area contributed by atoms with E-state index in [4.69, 9.17) is 17.0 Å². The van der Waals surface area contributed by atoms with Gasteiger partial charge in [0.05, 0.1) is 17.6 Å². The van der Waals surface area contributed by atoms with Crippen LogP contribution in [0.2, 0.25) is 0 Å². The van der Waals surface area contributed by atoms with Crippen LogP contribution in [0, 0.1) is 0 Å². The van der Waals surface area contributed by atoms with Crippen LogP contribution in [0.5, 0.6) is 0 Å². The lowest BCUT2D eigenvalue weighted by Crippen LogP contribution is -2.47. The summed E-state index contributed by atoms with van der Waals surface area (Å²) in [6.45, 7) is 5.75.